The maximum absolute atomic E-state index is 12.6. The molecule has 1 aliphatic heterocycles. The molecule has 1 fully saturated rings. The fourth-order valence-corrected chi connectivity index (χ4v) is 4.22. The van der Waals surface area contributed by atoms with Crippen LogP contribution in [0.3, 0.4) is 0 Å². The lowest BCUT2D eigenvalue weighted by Crippen LogP contribution is -2.38. The molecule has 3 atom stereocenters. The van der Waals surface area contributed by atoms with Crippen LogP contribution in [0.1, 0.15) is 37.1 Å². The number of benzene rings is 1. The van der Waals surface area contributed by atoms with Gasteiger partial charge in [0, 0.05) is 17.0 Å². The molecule has 0 spiro atoms. The number of ether oxygens (including phenoxy) is 3. The molecule has 3 aromatic rings. The van der Waals surface area contributed by atoms with Gasteiger partial charge < -0.3 is 28.8 Å². The second-order valence-corrected chi connectivity index (χ2v) is 9.02. The average molecular weight is 472 g/mol. The molecule has 1 saturated heterocycles. The van der Waals surface area contributed by atoms with Crippen LogP contribution in [0.2, 0.25) is 0 Å². The zero-order valence-corrected chi connectivity index (χ0v) is 19.5. The highest BCUT2D eigenvalue weighted by atomic mass is 16.5. The summed E-state index contributed by atoms with van der Waals surface area (Å²) in [5, 5.41) is 20.6. The largest absolute Gasteiger partial charge is 0.493 e. The van der Waals surface area contributed by atoms with E-state index in [1.807, 2.05) is 19.1 Å². The number of aromatic nitrogens is 2. The van der Waals surface area contributed by atoms with Gasteiger partial charge in [-0.25, -0.2) is 4.79 Å². The third kappa shape index (κ3) is 4.44. The van der Waals surface area contributed by atoms with E-state index < -0.39 is 35.5 Å². The smallest absolute Gasteiger partial charge is 0.349 e. The number of aliphatic hydroxyl groups excluding tert-OH is 2. The third-order valence-electron chi connectivity index (χ3n) is 6.07. The molecule has 182 valence electrons. The Bertz CT molecular complexity index is 1260. The van der Waals surface area contributed by atoms with E-state index in [1.165, 1.54) is 16.8 Å². The Kier molecular flexibility index (Phi) is 6.48. The molecule has 10 heteroatoms. The van der Waals surface area contributed by atoms with Gasteiger partial charge in [-0.1, -0.05) is 13.8 Å². The van der Waals surface area contributed by atoms with Gasteiger partial charge in [0.2, 0.25) is 0 Å². The maximum Gasteiger partial charge on any atom is 0.349 e. The Morgan fingerprint density at radius 3 is 2.71 bits per heavy atom. The molecule has 1 aromatic carbocycles. The zero-order chi connectivity index (χ0) is 24.6. The first-order valence-corrected chi connectivity index (χ1v) is 10.9. The van der Waals surface area contributed by atoms with Gasteiger partial charge in [0.25, 0.3) is 0 Å². The summed E-state index contributed by atoms with van der Waals surface area (Å²) in [4.78, 5) is 28.9. The number of fused-ring (bicyclic) bond motifs is 1. The van der Waals surface area contributed by atoms with E-state index in [0.29, 0.717) is 17.1 Å². The van der Waals surface area contributed by atoms with Crippen LogP contribution in [-0.4, -0.2) is 51.7 Å². The highest BCUT2D eigenvalue weighted by molar-refractivity contribution is 5.84. The van der Waals surface area contributed by atoms with Crippen LogP contribution in [0.15, 0.2) is 39.7 Å². The summed E-state index contributed by atoms with van der Waals surface area (Å²) in [5.41, 5.74) is 0.377. The monoisotopic (exact) mass is 472 g/mol. The standard InChI is InChI=1S/C24H28N2O8/c1-13-7-14-9-16(33-20(14)17(8-13)31-4)12-32-19(28)10-15-5-6-26(23(30)25-15)22-24(2,3)21(29)18(11-27)34-22/h5-9,18,21-22,27,29H,10-12H2,1-4H3/t18-,21-,22-/m1/s1. The molecule has 10 nitrogen and oxygen atoms in total. The Morgan fingerprint density at radius 1 is 1.29 bits per heavy atom. The van der Waals surface area contributed by atoms with Crippen molar-refractivity contribution in [3.8, 4) is 5.75 Å². The average Bonchev–Trinajstić information content (AvgIpc) is 3.30. The van der Waals surface area contributed by atoms with E-state index in [0.717, 1.165) is 10.9 Å². The summed E-state index contributed by atoms with van der Waals surface area (Å²) in [6, 6.07) is 7.12. The third-order valence-corrected chi connectivity index (χ3v) is 6.07. The molecule has 2 N–H and O–H groups in total. The van der Waals surface area contributed by atoms with Crippen LogP contribution in [0.4, 0.5) is 0 Å². The lowest BCUT2D eigenvalue weighted by Gasteiger charge is -2.28. The van der Waals surface area contributed by atoms with Crippen molar-refractivity contribution in [1.82, 2.24) is 9.55 Å². The van der Waals surface area contributed by atoms with E-state index >= 15 is 0 Å². The number of carbonyl (C=O) groups excluding carboxylic acids is 1. The molecule has 0 amide bonds. The van der Waals surface area contributed by atoms with Crippen molar-refractivity contribution in [2.75, 3.05) is 13.7 Å². The quantitative estimate of drug-likeness (QED) is 0.494. The Morgan fingerprint density at radius 2 is 2.06 bits per heavy atom. The number of rotatable bonds is 7. The van der Waals surface area contributed by atoms with Gasteiger partial charge >= 0.3 is 11.7 Å². The van der Waals surface area contributed by atoms with E-state index in [2.05, 4.69) is 4.98 Å². The second-order valence-electron chi connectivity index (χ2n) is 9.02. The zero-order valence-electron chi connectivity index (χ0n) is 19.5. The Labute approximate surface area is 195 Å². The fraction of sp³-hybridized carbons (Fsp3) is 0.458. The summed E-state index contributed by atoms with van der Waals surface area (Å²) in [5.74, 6) is 0.499. The number of carbonyl (C=O) groups is 1. The molecule has 1 aliphatic rings. The normalized spacial score (nSPS) is 21.6. The molecular weight excluding hydrogens is 444 g/mol. The second kappa shape index (κ2) is 9.21. The van der Waals surface area contributed by atoms with E-state index in [1.54, 1.807) is 27.0 Å². The van der Waals surface area contributed by atoms with Gasteiger partial charge in [0.05, 0.1) is 31.9 Å². The van der Waals surface area contributed by atoms with Crippen molar-refractivity contribution < 1.29 is 33.6 Å². The van der Waals surface area contributed by atoms with Crippen LogP contribution >= 0.6 is 0 Å². The van der Waals surface area contributed by atoms with Crippen LogP contribution in [0, 0.1) is 12.3 Å². The molecule has 0 saturated carbocycles. The fourth-order valence-electron chi connectivity index (χ4n) is 4.22. The summed E-state index contributed by atoms with van der Waals surface area (Å²) in [6.07, 6.45) is -1.30. The summed E-state index contributed by atoms with van der Waals surface area (Å²) < 4.78 is 23.3. The van der Waals surface area contributed by atoms with E-state index in [-0.39, 0.29) is 25.3 Å². The number of esters is 1. The molecule has 0 aliphatic carbocycles. The van der Waals surface area contributed by atoms with Crippen LogP contribution in [0.5, 0.6) is 5.75 Å². The van der Waals surface area contributed by atoms with Gasteiger partial charge in [-0.3, -0.25) is 9.36 Å². The minimum absolute atomic E-state index is 0.0721. The molecule has 34 heavy (non-hydrogen) atoms. The molecule has 0 bridgehead atoms. The number of aryl methyl sites for hydroxylation is 1. The summed E-state index contributed by atoms with van der Waals surface area (Å²) >= 11 is 0. The lowest BCUT2D eigenvalue weighted by atomic mass is 9.84. The van der Waals surface area contributed by atoms with Gasteiger partial charge in [-0.2, -0.15) is 4.98 Å². The van der Waals surface area contributed by atoms with Crippen molar-refractivity contribution in [3.05, 3.63) is 58.0 Å². The first-order valence-electron chi connectivity index (χ1n) is 10.9. The molecule has 0 radical (unpaired) electrons. The van der Waals surface area contributed by atoms with Crippen LogP contribution < -0.4 is 10.4 Å². The molecule has 2 aromatic heterocycles. The van der Waals surface area contributed by atoms with Gasteiger partial charge in [0.15, 0.2) is 11.3 Å². The Hall–Kier alpha value is -3.21. The number of furan rings is 1. The number of aliphatic hydroxyl groups is 2. The lowest BCUT2D eigenvalue weighted by molar-refractivity contribution is -0.144. The minimum atomic E-state index is -0.953. The predicted octanol–water partition coefficient (Wildman–Crippen LogP) is 1.87. The number of nitrogens with zero attached hydrogens (tertiary/aromatic N) is 2. The van der Waals surface area contributed by atoms with Gasteiger partial charge in [0.1, 0.15) is 24.7 Å². The SMILES string of the molecule is COc1cc(C)cc2cc(COC(=O)Cc3ccn([C@@H]4O[C@H](CO)[C@@H](O)C4(C)C)c(=O)n3)oc12. The Balaban J connectivity index is 1.42. The summed E-state index contributed by atoms with van der Waals surface area (Å²) in [6.45, 7) is 4.99. The number of hydrogen-bond donors (Lipinski definition) is 2. The van der Waals surface area contributed by atoms with Crippen LogP contribution in [0.25, 0.3) is 11.0 Å². The highest BCUT2D eigenvalue weighted by Gasteiger charge is 2.50. The number of methoxy groups -OCH3 is 1. The number of hydrogen-bond acceptors (Lipinski definition) is 9. The summed E-state index contributed by atoms with van der Waals surface area (Å²) in [7, 11) is 1.56. The first-order chi connectivity index (χ1) is 16.1. The van der Waals surface area contributed by atoms with E-state index in [4.69, 9.17) is 18.6 Å². The minimum Gasteiger partial charge on any atom is -0.493 e. The van der Waals surface area contributed by atoms with E-state index in [9.17, 15) is 19.8 Å². The first kappa shape index (κ1) is 23.9. The maximum atomic E-state index is 12.6. The molecule has 0 unspecified atom stereocenters. The predicted molar refractivity (Wildman–Crippen MR) is 120 cm³/mol. The van der Waals surface area contributed by atoms with Crippen molar-refractivity contribution in [2.45, 2.75) is 52.2 Å². The van der Waals surface area contributed by atoms with Crippen molar-refractivity contribution in [1.29, 1.82) is 0 Å². The van der Waals surface area contributed by atoms with Gasteiger partial charge in [-0.05, 0) is 36.8 Å². The van der Waals surface area contributed by atoms with Crippen molar-refractivity contribution in [2.24, 2.45) is 5.41 Å². The molecule has 3 heterocycles. The molecular formula is C24H28N2O8. The van der Waals surface area contributed by atoms with Crippen molar-refractivity contribution in [3.63, 3.8) is 0 Å². The van der Waals surface area contributed by atoms with Crippen LogP contribution in [-0.2, 0) is 27.3 Å². The topological polar surface area (TPSA) is 133 Å². The van der Waals surface area contributed by atoms with Crippen molar-refractivity contribution >= 4 is 16.9 Å². The molecule has 4 rings (SSSR count). The van der Waals surface area contributed by atoms with Gasteiger partial charge in [-0.15, -0.1) is 0 Å². The highest BCUT2D eigenvalue weighted by Crippen LogP contribution is 2.44.